The lowest BCUT2D eigenvalue weighted by atomic mass is 10.1. The standard InChI is InChI=1S/C16H16O3/c1-3-15(17)14-6-4-5-7-16(14)19-13-10-8-12(18-2)9-11-13/h4-11H,3H2,1-2H3. The van der Waals surface area contributed by atoms with E-state index in [-0.39, 0.29) is 5.78 Å². The number of ketones is 1. The Morgan fingerprint density at radius 2 is 1.63 bits per heavy atom. The molecule has 0 saturated carbocycles. The number of Topliss-reactive ketones (excluding diaryl/α,β-unsaturated/α-hetero) is 1. The zero-order chi connectivity index (χ0) is 13.7. The summed E-state index contributed by atoms with van der Waals surface area (Å²) in [7, 11) is 1.62. The predicted molar refractivity (Wildman–Crippen MR) is 74.1 cm³/mol. The van der Waals surface area contributed by atoms with Crippen LogP contribution in [0.4, 0.5) is 0 Å². The first-order valence-electron chi connectivity index (χ1n) is 6.18. The first-order valence-corrected chi connectivity index (χ1v) is 6.18. The summed E-state index contributed by atoms with van der Waals surface area (Å²) in [6.45, 7) is 1.84. The maximum atomic E-state index is 11.8. The van der Waals surface area contributed by atoms with Gasteiger partial charge in [0, 0.05) is 6.42 Å². The summed E-state index contributed by atoms with van der Waals surface area (Å²) < 4.78 is 10.8. The summed E-state index contributed by atoms with van der Waals surface area (Å²) in [5.41, 5.74) is 0.612. The molecule has 0 atom stereocenters. The predicted octanol–water partition coefficient (Wildman–Crippen LogP) is 4.08. The zero-order valence-corrected chi connectivity index (χ0v) is 11.1. The molecule has 0 aromatic heterocycles. The van der Waals surface area contributed by atoms with Crippen LogP contribution in [0.3, 0.4) is 0 Å². The Balaban J connectivity index is 2.25. The van der Waals surface area contributed by atoms with E-state index in [0.717, 1.165) is 5.75 Å². The second kappa shape index (κ2) is 6.05. The minimum Gasteiger partial charge on any atom is -0.497 e. The molecule has 98 valence electrons. The van der Waals surface area contributed by atoms with Crippen LogP contribution in [0.5, 0.6) is 17.2 Å². The third kappa shape index (κ3) is 3.13. The summed E-state index contributed by atoms with van der Waals surface area (Å²) in [6, 6.07) is 14.5. The number of hydrogen-bond donors (Lipinski definition) is 0. The molecule has 0 N–H and O–H groups in total. The molecule has 0 unspecified atom stereocenters. The highest BCUT2D eigenvalue weighted by atomic mass is 16.5. The summed E-state index contributed by atoms with van der Waals surface area (Å²) in [5.74, 6) is 2.10. The maximum absolute atomic E-state index is 11.8. The van der Waals surface area contributed by atoms with Crippen molar-refractivity contribution in [2.45, 2.75) is 13.3 Å². The molecule has 0 saturated heterocycles. The third-order valence-corrected chi connectivity index (χ3v) is 2.80. The van der Waals surface area contributed by atoms with E-state index in [0.29, 0.717) is 23.5 Å². The van der Waals surface area contributed by atoms with Crippen LogP contribution in [0.15, 0.2) is 48.5 Å². The van der Waals surface area contributed by atoms with Crippen molar-refractivity contribution >= 4 is 5.78 Å². The van der Waals surface area contributed by atoms with E-state index >= 15 is 0 Å². The molecule has 0 fully saturated rings. The van der Waals surface area contributed by atoms with Crippen LogP contribution in [-0.4, -0.2) is 12.9 Å². The molecule has 0 radical (unpaired) electrons. The number of hydrogen-bond acceptors (Lipinski definition) is 3. The minimum atomic E-state index is 0.0733. The molecular formula is C16H16O3. The quantitative estimate of drug-likeness (QED) is 0.756. The van der Waals surface area contributed by atoms with Gasteiger partial charge >= 0.3 is 0 Å². The van der Waals surface area contributed by atoms with Crippen molar-refractivity contribution in [1.82, 2.24) is 0 Å². The van der Waals surface area contributed by atoms with E-state index in [9.17, 15) is 4.79 Å². The lowest BCUT2D eigenvalue weighted by Gasteiger charge is -2.10. The summed E-state index contributed by atoms with van der Waals surface area (Å²) in [6.07, 6.45) is 0.461. The number of para-hydroxylation sites is 1. The van der Waals surface area contributed by atoms with Crippen molar-refractivity contribution in [1.29, 1.82) is 0 Å². The van der Waals surface area contributed by atoms with Gasteiger partial charge in [-0.3, -0.25) is 4.79 Å². The Labute approximate surface area is 112 Å². The fourth-order valence-electron chi connectivity index (χ4n) is 1.75. The van der Waals surface area contributed by atoms with Crippen molar-refractivity contribution in [2.24, 2.45) is 0 Å². The Bertz CT molecular complexity index is 558. The molecule has 2 aromatic rings. The van der Waals surface area contributed by atoms with E-state index in [1.807, 2.05) is 43.3 Å². The molecule has 0 aliphatic carbocycles. The lowest BCUT2D eigenvalue weighted by Crippen LogP contribution is -1.99. The molecular weight excluding hydrogens is 240 g/mol. The van der Waals surface area contributed by atoms with E-state index in [4.69, 9.17) is 9.47 Å². The lowest BCUT2D eigenvalue weighted by molar-refractivity contribution is 0.0986. The highest BCUT2D eigenvalue weighted by Gasteiger charge is 2.10. The number of rotatable bonds is 5. The first-order chi connectivity index (χ1) is 9.24. The van der Waals surface area contributed by atoms with Gasteiger partial charge in [0.15, 0.2) is 5.78 Å². The normalized spacial score (nSPS) is 10.0. The van der Waals surface area contributed by atoms with Crippen LogP contribution >= 0.6 is 0 Å². The molecule has 0 bridgehead atoms. The molecule has 0 amide bonds. The van der Waals surface area contributed by atoms with E-state index < -0.39 is 0 Å². The molecule has 3 heteroatoms. The van der Waals surface area contributed by atoms with Crippen LogP contribution in [0, 0.1) is 0 Å². The molecule has 19 heavy (non-hydrogen) atoms. The smallest absolute Gasteiger partial charge is 0.166 e. The Kier molecular flexibility index (Phi) is 4.18. The van der Waals surface area contributed by atoms with Gasteiger partial charge in [-0.1, -0.05) is 19.1 Å². The van der Waals surface area contributed by atoms with Crippen LogP contribution in [0.1, 0.15) is 23.7 Å². The van der Waals surface area contributed by atoms with Gasteiger partial charge in [0.05, 0.1) is 12.7 Å². The second-order valence-corrected chi connectivity index (χ2v) is 4.05. The molecule has 2 rings (SSSR count). The van der Waals surface area contributed by atoms with Crippen molar-refractivity contribution < 1.29 is 14.3 Å². The number of carbonyl (C=O) groups is 1. The monoisotopic (exact) mass is 256 g/mol. The third-order valence-electron chi connectivity index (χ3n) is 2.80. The minimum absolute atomic E-state index is 0.0733. The number of methoxy groups -OCH3 is 1. The Morgan fingerprint density at radius 3 is 2.26 bits per heavy atom. The number of ether oxygens (including phenoxy) is 2. The summed E-state index contributed by atoms with van der Waals surface area (Å²) >= 11 is 0. The molecule has 0 heterocycles. The SMILES string of the molecule is CCC(=O)c1ccccc1Oc1ccc(OC)cc1. The average Bonchev–Trinajstić information content (AvgIpc) is 2.48. The van der Waals surface area contributed by atoms with Crippen molar-refractivity contribution in [2.75, 3.05) is 7.11 Å². The van der Waals surface area contributed by atoms with E-state index in [2.05, 4.69) is 0 Å². The van der Waals surface area contributed by atoms with Crippen molar-refractivity contribution in [3.8, 4) is 17.2 Å². The molecule has 3 nitrogen and oxygen atoms in total. The van der Waals surface area contributed by atoms with E-state index in [1.54, 1.807) is 19.2 Å². The van der Waals surface area contributed by atoms with Gasteiger partial charge in [-0.05, 0) is 36.4 Å². The fraction of sp³-hybridized carbons (Fsp3) is 0.188. The van der Waals surface area contributed by atoms with Gasteiger partial charge < -0.3 is 9.47 Å². The number of carbonyl (C=O) groups excluding carboxylic acids is 1. The summed E-state index contributed by atoms with van der Waals surface area (Å²) in [5, 5.41) is 0. The van der Waals surface area contributed by atoms with Gasteiger partial charge in [-0.2, -0.15) is 0 Å². The Hall–Kier alpha value is -2.29. The Morgan fingerprint density at radius 1 is 1.00 bits per heavy atom. The van der Waals surface area contributed by atoms with Crippen LogP contribution in [0.2, 0.25) is 0 Å². The molecule has 2 aromatic carbocycles. The maximum Gasteiger partial charge on any atom is 0.166 e. The van der Waals surface area contributed by atoms with Gasteiger partial charge in [0.25, 0.3) is 0 Å². The topological polar surface area (TPSA) is 35.5 Å². The fourth-order valence-corrected chi connectivity index (χ4v) is 1.75. The van der Waals surface area contributed by atoms with Crippen LogP contribution in [0.25, 0.3) is 0 Å². The van der Waals surface area contributed by atoms with Gasteiger partial charge in [0.1, 0.15) is 17.2 Å². The number of benzene rings is 2. The second-order valence-electron chi connectivity index (χ2n) is 4.05. The average molecular weight is 256 g/mol. The summed E-state index contributed by atoms with van der Waals surface area (Å²) in [4.78, 5) is 11.8. The van der Waals surface area contributed by atoms with Crippen LogP contribution < -0.4 is 9.47 Å². The molecule has 0 aliphatic rings. The first kappa shape index (κ1) is 13.1. The van der Waals surface area contributed by atoms with Crippen molar-refractivity contribution in [3.05, 3.63) is 54.1 Å². The highest BCUT2D eigenvalue weighted by Crippen LogP contribution is 2.27. The van der Waals surface area contributed by atoms with Gasteiger partial charge in [-0.15, -0.1) is 0 Å². The van der Waals surface area contributed by atoms with E-state index in [1.165, 1.54) is 0 Å². The highest BCUT2D eigenvalue weighted by molar-refractivity contribution is 5.98. The molecule has 0 aliphatic heterocycles. The van der Waals surface area contributed by atoms with Crippen LogP contribution in [-0.2, 0) is 0 Å². The zero-order valence-electron chi connectivity index (χ0n) is 11.1. The van der Waals surface area contributed by atoms with Crippen molar-refractivity contribution in [3.63, 3.8) is 0 Å². The van der Waals surface area contributed by atoms with Gasteiger partial charge in [-0.25, -0.2) is 0 Å². The van der Waals surface area contributed by atoms with Gasteiger partial charge in [0.2, 0.25) is 0 Å². The molecule has 0 spiro atoms. The largest absolute Gasteiger partial charge is 0.497 e.